The lowest BCUT2D eigenvalue weighted by Crippen LogP contribution is -2.22. The molecule has 282 valence electrons. The summed E-state index contributed by atoms with van der Waals surface area (Å²) in [6, 6.07) is 6.52. The van der Waals surface area contributed by atoms with Gasteiger partial charge in [-0.25, -0.2) is 12.6 Å². The summed E-state index contributed by atoms with van der Waals surface area (Å²) in [4.78, 5) is 8.66. The van der Waals surface area contributed by atoms with E-state index in [0.29, 0.717) is 12.1 Å². The van der Waals surface area contributed by atoms with Crippen molar-refractivity contribution in [3.63, 3.8) is 0 Å². The topological polar surface area (TPSA) is 369 Å². The fraction of sp³-hybridized carbons (Fsp3) is 0.174. The lowest BCUT2D eigenvalue weighted by Gasteiger charge is -2.15. The Morgan fingerprint density at radius 2 is 1.38 bits per heavy atom. The molecule has 0 unspecified atom stereocenters. The zero-order valence-corrected chi connectivity index (χ0v) is 30.1. The largest absolute Gasteiger partial charge is 0.505 e. The van der Waals surface area contributed by atoms with Crippen molar-refractivity contribution in [1.82, 2.24) is 15.0 Å². The molecule has 0 saturated carbocycles. The molecule has 52 heavy (non-hydrogen) atoms. The Balaban J connectivity index is 1.80. The Hall–Kier alpha value is -4.23. The maximum absolute atomic E-state index is 12.4. The number of nitrogens with one attached hydrogen (secondary N) is 2. The average molecular weight is 848 g/mol. The third kappa shape index (κ3) is 10.7. The smallest absolute Gasteiger partial charge is 0.397 e. The van der Waals surface area contributed by atoms with Gasteiger partial charge in [0.1, 0.15) is 21.2 Å². The number of benzene rings is 3. The number of aromatic nitrogens is 3. The molecule has 0 saturated heterocycles. The number of azo groups is 1. The Labute approximate surface area is 298 Å². The highest BCUT2D eigenvalue weighted by Crippen LogP contribution is 2.46. The number of hydrogen-bond donors (Lipinski definition) is 7. The van der Waals surface area contributed by atoms with Crippen molar-refractivity contribution < 1.29 is 69.6 Å². The number of rotatable bonds is 15. The van der Waals surface area contributed by atoms with Gasteiger partial charge in [0.15, 0.2) is 15.6 Å². The highest BCUT2D eigenvalue weighted by Gasteiger charge is 2.26. The van der Waals surface area contributed by atoms with Gasteiger partial charge in [-0.05, 0) is 47.3 Å². The number of hydrogen-bond acceptors (Lipinski definition) is 19. The highest BCUT2D eigenvalue weighted by molar-refractivity contribution is 7.91. The second-order valence-corrected chi connectivity index (χ2v) is 17.9. The molecule has 0 aliphatic carbocycles. The van der Waals surface area contributed by atoms with E-state index < -0.39 is 135 Å². The van der Waals surface area contributed by atoms with Crippen LogP contribution in [0, 0.1) is 0 Å². The van der Waals surface area contributed by atoms with Gasteiger partial charge >= 0.3 is 10.4 Å². The van der Waals surface area contributed by atoms with Gasteiger partial charge in [0.05, 0.1) is 28.7 Å². The summed E-state index contributed by atoms with van der Waals surface area (Å²) < 4.78 is 160. The molecular formula is C23H22ClN7O16S5. The highest BCUT2D eigenvalue weighted by atomic mass is 35.5. The number of sulfone groups is 1. The van der Waals surface area contributed by atoms with Crippen LogP contribution in [0.15, 0.2) is 67.4 Å². The molecule has 1 aromatic heterocycles. The van der Waals surface area contributed by atoms with Crippen LogP contribution in [0.2, 0.25) is 5.28 Å². The normalized spacial score (nSPS) is 13.1. The molecule has 3 aromatic carbocycles. The van der Waals surface area contributed by atoms with Gasteiger partial charge < -0.3 is 15.7 Å². The average Bonchev–Trinajstić information content (AvgIpc) is 2.98. The number of aromatic hydroxyl groups is 1. The zero-order valence-electron chi connectivity index (χ0n) is 25.3. The number of nitrogens with zero attached hydrogens (tertiary/aromatic N) is 5. The molecule has 0 atom stereocenters. The summed E-state index contributed by atoms with van der Waals surface area (Å²) >= 11 is 5.96. The van der Waals surface area contributed by atoms with Crippen LogP contribution in [0.25, 0.3) is 10.8 Å². The van der Waals surface area contributed by atoms with E-state index in [1.165, 1.54) is 12.1 Å². The molecule has 0 radical (unpaired) electrons. The van der Waals surface area contributed by atoms with Gasteiger partial charge in [-0.2, -0.15) is 48.6 Å². The van der Waals surface area contributed by atoms with Crippen LogP contribution in [0.4, 0.5) is 29.0 Å². The summed E-state index contributed by atoms with van der Waals surface area (Å²) in [7, 11) is -24.1. The first-order valence-electron chi connectivity index (χ1n) is 13.4. The molecule has 4 rings (SSSR count). The summed E-state index contributed by atoms with van der Waals surface area (Å²) in [6.07, 6.45) is 0. The molecule has 0 amide bonds. The fourth-order valence-corrected chi connectivity index (χ4v) is 7.49. The second kappa shape index (κ2) is 15.0. The number of fused-ring (bicyclic) bond motifs is 1. The van der Waals surface area contributed by atoms with Crippen LogP contribution in [0.1, 0.15) is 0 Å². The first kappa shape index (κ1) is 40.5. The van der Waals surface area contributed by atoms with Crippen LogP contribution in [0.5, 0.6) is 5.75 Å². The predicted octanol–water partition coefficient (Wildman–Crippen LogP) is 1.93. The van der Waals surface area contributed by atoms with Crippen molar-refractivity contribution in [1.29, 1.82) is 0 Å². The quantitative estimate of drug-likeness (QED) is 0.0663. The Kier molecular flexibility index (Phi) is 11.7. The van der Waals surface area contributed by atoms with Crippen molar-refractivity contribution >= 4 is 102 Å². The molecule has 1 heterocycles. The van der Waals surface area contributed by atoms with Gasteiger partial charge in [0, 0.05) is 11.9 Å². The molecule has 23 nitrogen and oxygen atoms in total. The van der Waals surface area contributed by atoms with E-state index in [9.17, 15) is 60.9 Å². The second-order valence-electron chi connectivity index (χ2n) is 9.94. The van der Waals surface area contributed by atoms with Crippen LogP contribution in [0.3, 0.4) is 0 Å². The van der Waals surface area contributed by atoms with Crippen LogP contribution in [-0.4, -0.2) is 105 Å². The van der Waals surface area contributed by atoms with Crippen molar-refractivity contribution in [2.45, 2.75) is 14.7 Å². The van der Waals surface area contributed by atoms with Crippen LogP contribution < -0.4 is 10.6 Å². The SMILES string of the molecule is O=S(=O)(CCNc1nc(Cl)nc(Nc2cc(S(=O)(=O)O)cc3cc(S(=O)(=O)O)c(N=Nc4ccccc4S(=O)(=O)O)c(O)c23)n1)CCOS(=O)(=O)O. The first-order chi connectivity index (χ1) is 23.8. The number of anilines is 3. The van der Waals surface area contributed by atoms with Crippen molar-refractivity contribution in [3.05, 3.63) is 47.7 Å². The van der Waals surface area contributed by atoms with Gasteiger partial charge in [0.25, 0.3) is 30.4 Å². The minimum absolute atomic E-state index is 0.382. The third-order valence-electron chi connectivity index (χ3n) is 6.28. The molecule has 7 N–H and O–H groups in total. The van der Waals surface area contributed by atoms with Gasteiger partial charge in [0.2, 0.25) is 17.2 Å². The minimum atomic E-state index is -5.31. The number of phenols is 1. The number of phenolic OH excluding ortho intramolecular Hbond substituents is 1. The van der Waals surface area contributed by atoms with Crippen molar-refractivity contribution in [2.24, 2.45) is 10.2 Å². The predicted molar refractivity (Wildman–Crippen MR) is 178 cm³/mol. The van der Waals surface area contributed by atoms with E-state index >= 15 is 0 Å². The van der Waals surface area contributed by atoms with Crippen molar-refractivity contribution in [3.8, 4) is 5.75 Å². The van der Waals surface area contributed by atoms with E-state index in [0.717, 1.165) is 18.2 Å². The minimum Gasteiger partial charge on any atom is -0.505 e. The summed E-state index contributed by atoms with van der Waals surface area (Å²) in [6.45, 7) is -1.27. The Bertz CT molecular complexity index is 2660. The molecule has 4 aromatic rings. The fourth-order valence-electron chi connectivity index (χ4n) is 4.15. The van der Waals surface area contributed by atoms with Gasteiger partial charge in [-0.3, -0.25) is 18.2 Å². The van der Waals surface area contributed by atoms with E-state index in [1.54, 1.807) is 0 Å². The van der Waals surface area contributed by atoms with E-state index in [4.69, 9.17) is 16.2 Å². The first-order valence-corrected chi connectivity index (χ1v) is 21.2. The molecule has 0 aliphatic heterocycles. The summed E-state index contributed by atoms with van der Waals surface area (Å²) in [5.74, 6) is -3.46. The van der Waals surface area contributed by atoms with E-state index in [2.05, 4.69) is 40.0 Å². The molecular weight excluding hydrogens is 826 g/mol. The van der Waals surface area contributed by atoms with E-state index in [-0.39, 0.29) is 5.95 Å². The van der Waals surface area contributed by atoms with Crippen LogP contribution in [-0.2, 0) is 54.8 Å². The third-order valence-corrected chi connectivity index (χ3v) is 11.1. The molecule has 0 spiro atoms. The Morgan fingerprint density at radius 1 is 0.750 bits per heavy atom. The molecule has 29 heteroatoms. The van der Waals surface area contributed by atoms with Gasteiger partial charge in [-0.15, -0.1) is 10.2 Å². The van der Waals surface area contributed by atoms with Crippen LogP contribution >= 0.6 is 11.6 Å². The zero-order chi connectivity index (χ0) is 38.9. The van der Waals surface area contributed by atoms with Gasteiger partial charge in [-0.1, -0.05) is 12.1 Å². The standard InChI is InChI=1S/C23H22ClN7O16S5/c24-21-27-22(25-5-7-48(33,34)8-6-47-52(44,45)46)29-23(28-21)26-15-11-13(49(35,36)37)9-12-10-17(51(41,42)43)19(20(32)18(12)15)31-30-14-3-1-2-4-16(14)50(38,39)40/h1-4,9-11,32H,5-8H2,(H,35,36,37)(H,38,39,40)(H,41,42,43)(H,44,45,46)(H2,25,26,27,28,29). The maximum atomic E-state index is 12.4. The molecule has 0 fully saturated rings. The summed E-state index contributed by atoms with van der Waals surface area (Å²) in [5.41, 5.74) is -2.04. The lowest BCUT2D eigenvalue weighted by molar-refractivity contribution is 0.284. The summed E-state index contributed by atoms with van der Waals surface area (Å²) in [5, 5.41) is 22.0. The monoisotopic (exact) mass is 847 g/mol. The van der Waals surface area contributed by atoms with Crippen molar-refractivity contribution in [2.75, 3.05) is 35.3 Å². The maximum Gasteiger partial charge on any atom is 0.397 e. The number of halogens is 1. The molecule has 0 aliphatic rings. The van der Waals surface area contributed by atoms with E-state index in [1.807, 2.05) is 0 Å². The lowest BCUT2D eigenvalue weighted by atomic mass is 10.1. The Morgan fingerprint density at radius 3 is 2.00 bits per heavy atom. The molecule has 0 bridgehead atoms.